The summed E-state index contributed by atoms with van der Waals surface area (Å²) in [7, 11) is 0. The molecule has 2 amide bonds. The molecular formula is C19H15Br2Cl2N3O2S. The second kappa shape index (κ2) is 9.83. The van der Waals surface area contributed by atoms with Crippen LogP contribution < -0.4 is 5.32 Å². The van der Waals surface area contributed by atoms with Crippen LogP contribution in [0.4, 0.5) is 11.4 Å². The van der Waals surface area contributed by atoms with Gasteiger partial charge in [-0.2, -0.15) is 0 Å². The molecule has 5 nitrogen and oxygen atoms in total. The predicted octanol–water partition coefficient (Wildman–Crippen LogP) is 6.50. The number of rotatable bonds is 5. The van der Waals surface area contributed by atoms with E-state index in [0.29, 0.717) is 28.1 Å². The van der Waals surface area contributed by atoms with Gasteiger partial charge < -0.3 is 5.32 Å². The van der Waals surface area contributed by atoms with E-state index in [2.05, 4.69) is 42.2 Å². The van der Waals surface area contributed by atoms with E-state index in [4.69, 9.17) is 23.2 Å². The van der Waals surface area contributed by atoms with Gasteiger partial charge in [-0.1, -0.05) is 57.0 Å². The fourth-order valence-electron chi connectivity index (χ4n) is 2.66. The van der Waals surface area contributed by atoms with Gasteiger partial charge in [0.05, 0.1) is 21.4 Å². The van der Waals surface area contributed by atoms with Crippen molar-refractivity contribution in [2.75, 3.05) is 11.9 Å². The fourth-order valence-corrected chi connectivity index (χ4v) is 5.36. The highest BCUT2D eigenvalue weighted by atomic mass is 79.9. The Balaban J connectivity index is 1.75. The van der Waals surface area contributed by atoms with E-state index in [1.54, 1.807) is 23.1 Å². The SMILES string of the molecule is CCN1C(=O)C(CC(=O)Nc2cccc(Cl)c2Cl)SC1=Nc1ccc(Br)cc1Br. The van der Waals surface area contributed by atoms with Crippen molar-refractivity contribution >= 4 is 95.2 Å². The summed E-state index contributed by atoms with van der Waals surface area (Å²) in [5.41, 5.74) is 1.12. The Labute approximate surface area is 199 Å². The molecule has 1 atom stereocenters. The summed E-state index contributed by atoms with van der Waals surface area (Å²) < 4.78 is 1.73. The van der Waals surface area contributed by atoms with Crippen molar-refractivity contribution in [1.29, 1.82) is 0 Å². The van der Waals surface area contributed by atoms with Gasteiger partial charge in [0, 0.05) is 21.9 Å². The average Bonchev–Trinajstić information content (AvgIpc) is 2.95. The van der Waals surface area contributed by atoms with Crippen LogP contribution in [0.15, 0.2) is 50.3 Å². The first kappa shape index (κ1) is 22.6. The normalized spacial score (nSPS) is 17.8. The summed E-state index contributed by atoms with van der Waals surface area (Å²) in [6, 6.07) is 10.6. The first-order valence-electron chi connectivity index (χ1n) is 8.55. The lowest BCUT2D eigenvalue weighted by molar-refractivity contribution is -0.128. The van der Waals surface area contributed by atoms with E-state index in [1.807, 2.05) is 25.1 Å². The summed E-state index contributed by atoms with van der Waals surface area (Å²) in [5, 5.41) is 3.35. The van der Waals surface area contributed by atoms with Gasteiger partial charge in [0.2, 0.25) is 11.8 Å². The van der Waals surface area contributed by atoms with Crippen LogP contribution in [0.25, 0.3) is 0 Å². The van der Waals surface area contributed by atoms with Crippen LogP contribution in [0, 0.1) is 0 Å². The van der Waals surface area contributed by atoms with E-state index < -0.39 is 5.25 Å². The van der Waals surface area contributed by atoms with Crippen molar-refractivity contribution in [1.82, 2.24) is 4.90 Å². The average molecular weight is 580 g/mol. The smallest absolute Gasteiger partial charge is 0.242 e. The molecule has 10 heteroatoms. The third-order valence-electron chi connectivity index (χ3n) is 4.06. The number of amidine groups is 1. The van der Waals surface area contributed by atoms with Gasteiger partial charge in [-0.15, -0.1) is 0 Å². The Morgan fingerprint density at radius 3 is 2.72 bits per heavy atom. The molecule has 1 saturated heterocycles. The van der Waals surface area contributed by atoms with E-state index in [1.165, 1.54) is 11.8 Å². The third-order valence-corrected chi connectivity index (χ3v) is 7.18. The first-order chi connectivity index (χ1) is 13.8. The van der Waals surface area contributed by atoms with E-state index in [-0.39, 0.29) is 23.3 Å². The number of carbonyl (C=O) groups excluding carboxylic acids is 2. The molecular weight excluding hydrogens is 565 g/mol. The molecule has 0 bridgehead atoms. The molecule has 0 radical (unpaired) electrons. The molecule has 0 aliphatic carbocycles. The minimum absolute atomic E-state index is 0.00334. The van der Waals surface area contributed by atoms with E-state index in [0.717, 1.165) is 8.95 Å². The van der Waals surface area contributed by atoms with Crippen molar-refractivity contribution in [2.24, 2.45) is 4.99 Å². The van der Waals surface area contributed by atoms with Crippen molar-refractivity contribution in [3.05, 3.63) is 55.4 Å². The number of thioether (sulfide) groups is 1. The molecule has 29 heavy (non-hydrogen) atoms. The molecule has 2 aromatic rings. The van der Waals surface area contributed by atoms with Crippen molar-refractivity contribution in [3.63, 3.8) is 0 Å². The summed E-state index contributed by atoms with van der Waals surface area (Å²) >= 11 is 20.3. The molecule has 1 N–H and O–H groups in total. The van der Waals surface area contributed by atoms with Gasteiger partial charge in [0.15, 0.2) is 5.17 Å². The third kappa shape index (κ3) is 5.35. The topological polar surface area (TPSA) is 61.8 Å². The highest BCUT2D eigenvalue weighted by Crippen LogP contribution is 2.35. The Bertz CT molecular complexity index is 1000. The monoisotopic (exact) mass is 577 g/mol. The second-order valence-corrected chi connectivity index (χ2v) is 9.76. The molecule has 1 unspecified atom stereocenters. The number of halogens is 4. The van der Waals surface area contributed by atoms with E-state index >= 15 is 0 Å². The summed E-state index contributed by atoms with van der Waals surface area (Å²) in [5.74, 6) is -0.459. The van der Waals surface area contributed by atoms with Gasteiger partial charge in [0.25, 0.3) is 0 Å². The zero-order valence-corrected chi connectivity index (χ0v) is 20.6. The lowest BCUT2D eigenvalue weighted by atomic mass is 10.2. The number of carbonyl (C=O) groups is 2. The molecule has 1 fully saturated rings. The number of anilines is 1. The standard InChI is InChI=1S/C19H15Br2Cl2N3O2S/c1-2-26-18(28)15(9-16(27)24-14-5-3-4-12(22)17(14)23)29-19(26)25-13-7-6-10(20)8-11(13)21/h3-8,15H,2,9H2,1H3,(H,24,27). The Morgan fingerprint density at radius 1 is 1.28 bits per heavy atom. The largest absolute Gasteiger partial charge is 0.325 e. The van der Waals surface area contributed by atoms with Crippen LogP contribution in [0.1, 0.15) is 13.3 Å². The Morgan fingerprint density at radius 2 is 2.03 bits per heavy atom. The number of nitrogens with zero attached hydrogens (tertiary/aromatic N) is 2. The minimum Gasteiger partial charge on any atom is -0.325 e. The van der Waals surface area contributed by atoms with Crippen molar-refractivity contribution in [2.45, 2.75) is 18.6 Å². The molecule has 1 aliphatic rings. The van der Waals surface area contributed by atoms with Gasteiger partial charge in [-0.3, -0.25) is 14.5 Å². The van der Waals surface area contributed by atoms with Crippen LogP contribution in [0.2, 0.25) is 10.0 Å². The quantitative estimate of drug-likeness (QED) is 0.440. The van der Waals surface area contributed by atoms with Crippen LogP contribution in [0.5, 0.6) is 0 Å². The lowest BCUT2D eigenvalue weighted by Crippen LogP contribution is -2.33. The van der Waals surface area contributed by atoms with Gasteiger partial charge in [-0.05, 0) is 53.2 Å². The first-order valence-corrected chi connectivity index (χ1v) is 11.8. The van der Waals surface area contributed by atoms with Gasteiger partial charge in [0.1, 0.15) is 5.25 Å². The van der Waals surface area contributed by atoms with Crippen LogP contribution in [-0.2, 0) is 9.59 Å². The summed E-state index contributed by atoms with van der Waals surface area (Å²) in [6.45, 7) is 2.34. The molecule has 0 saturated carbocycles. The number of hydrogen-bond acceptors (Lipinski definition) is 4. The Hall–Kier alpha value is -1.06. The maximum Gasteiger partial charge on any atom is 0.242 e. The van der Waals surface area contributed by atoms with E-state index in [9.17, 15) is 9.59 Å². The fraction of sp³-hybridized carbons (Fsp3) is 0.211. The number of hydrogen-bond donors (Lipinski definition) is 1. The van der Waals surface area contributed by atoms with Crippen molar-refractivity contribution in [3.8, 4) is 0 Å². The molecule has 1 aliphatic heterocycles. The van der Waals surface area contributed by atoms with Crippen LogP contribution >= 0.6 is 66.8 Å². The summed E-state index contributed by atoms with van der Waals surface area (Å²) in [6.07, 6.45) is 0.00334. The molecule has 1 heterocycles. The summed E-state index contributed by atoms with van der Waals surface area (Å²) in [4.78, 5) is 31.4. The molecule has 3 rings (SSSR count). The number of nitrogens with one attached hydrogen (secondary N) is 1. The Kier molecular flexibility index (Phi) is 7.67. The zero-order valence-electron chi connectivity index (χ0n) is 15.1. The predicted molar refractivity (Wildman–Crippen MR) is 127 cm³/mol. The maximum absolute atomic E-state index is 12.8. The van der Waals surface area contributed by atoms with Crippen LogP contribution in [-0.4, -0.2) is 33.7 Å². The highest BCUT2D eigenvalue weighted by molar-refractivity contribution is 9.11. The lowest BCUT2D eigenvalue weighted by Gasteiger charge is -2.13. The molecule has 2 aromatic carbocycles. The van der Waals surface area contributed by atoms with Crippen molar-refractivity contribution < 1.29 is 9.59 Å². The highest BCUT2D eigenvalue weighted by Gasteiger charge is 2.38. The molecule has 0 aromatic heterocycles. The maximum atomic E-state index is 12.8. The second-order valence-electron chi connectivity index (χ2n) is 6.03. The number of benzene rings is 2. The number of aliphatic imine (C=N–C) groups is 1. The minimum atomic E-state index is -0.555. The van der Waals surface area contributed by atoms with Crippen LogP contribution in [0.3, 0.4) is 0 Å². The molecule has 152 valence electrons. The number of amides is 2. The van der Waals surface area contributed by atoms with Gasteiger partial charge >= 0.3 is 0 Å². The van der Waals surface area contributed by atoms with Gasteiger partial charge in [-0.25, -0.2) is 4.99 Å². The molecule has 0 spiro atoms. The zero-order chi connectivity index (χ0) is 21.1.